The molecular formula is C18H21NO3. The minimum absolute atomic E-state index is 0.0277. The molecule has 22 heavy (non-hydrogen) atoms. The van der Waals surface area contributed by atoms with Crippen molar-refractivity contribution < 1.29 is 14.7 Å². The molecule has 2 N–H and O–H groups in total. The van der Waals surface area contributed by atoms with Gasteiger partial charge in [0.1, 0.15) is 0 Å². The fraction of sp³-hybridized carbons (Fsp3) is 0.333. The second kappa shape index (κ2) is 7.07. The summed E-state index contributed by atoms with van der Waals surface area (Å²) in [6, 6.07) is 6.25. The van der Waals surface area contributed by atoms with Crippen LogP contribution in [0.1, 0.15) is 46.9 Å². The summed E-state index contributed by atoms with van der Waals surface area (Å²) >= 11 is 0. The summed E-state index contributed by atoms with van der Waals surface area (Å²) in [4.78, 5) is 23.3. The van der Waals surface area contributed by atoms with Gasteiger partial charge in [-0.1, -0.05) is 35.9 Å². The Kier molecular flexibility index (Phi) is 5.15. The summed E-state index contributed by atoms with van der Waals surface area (Å²) in [6.07, 6.45) is 5.12. The van der Waals surface area contributed by atoms with Crippen LogP contribution in [-0.2, 0) is 0 Å². The Morgan fingerprint density at radius 2 is 2.00 bits per heavy atom. The van der Waals surface area contributed by atoms with Crippen LogP contribution in [0, 0.1) is 5.92 Å². The monoisotopic (exact) mass is 299 g/mol. The zero-order valence-electron chi connectivity index (χ0n) is 12.8. The number of allylic oxidation sites excluding steroid dienone is 2. The Hall–Kier alpha value is -2.36. The van der Waals surface area contributed by atoms with Crippen LogP contribution in [-0.4, -0.2) is 23.5 Å². The second-order valence-electron chi connectivity index (χ2n) is 5.71. The van der Waals surface area contributed by atoms with Gasteiger partial charge in [-0.15, -0.1) is 0 Å². The summed E-state index contributed by atoms with van der Waals surface area (Å²) < 4.78 is 0. The minimum Gasteiger partial charge on any atom is -0.478 e. The van der Waals surface area contributed by atoms with E-state index in [0.717, 1.165) is 19.3 Å². The number of carboxylic acid groups (broad SMARTS) is 1. The molecule has 116 valence electrons. The van der Waals surface area contributed by atoms with E-state index in [1.807, 2.05) is 6.92 Å². The molecular weight excluding hydrogens is 278 g/mol. The maximum absolute atomic E-state index is 12.2. The number of hydrogen-bond acceptors (Lipinski definition) is 2. The number of rotatable bonds is 5. The number of benzene rings is 1. The van der Waals surface area contributed by atoms with Gasteiger partial charge >= 0.3 is 5.97 Å². The molecule has 1 atom stereocenters. The van der Waals surface area contributed by atoms with Gasteiger partial charge in [0.25, 0.3) is 5.91 Å². The van der Waals surface area contributed by atoms with Crippen molar-refractivity contribution in [3.63, 3.8) is 0 Å². The molecule has 0 saturated carbocycles. The number of carbonyl (C=O) groups excluding carboxylic acids is 1. The van der Waals surface area contributed by atoms with Crippen molar-refractivity contribution in [2.75, 3.05) is 6.54 Å². The van der Waals surface area contributed by atoms with E-state index in [0.29, 0.717) is 12.5 Å². The number of aromatic carboxylic acids is 1. The van der Waals surface area contributed by atoms with E-state index in [1.165, 1.54) is 23.3 Å². The topological polar surface area (TPSA) is 66.4 Å². The molecule has 0 radical (unpaired) electrons. The summed E-state index contributed by atoms with van der Waals surface area (Å²) in [5, 5.41) is 11.9. The third kappa shape index (κ3) is 3.85. The highest BCUT2D eigenvalue weighted by Crippen LogP contribution is 2.27. The molecule has 0 heterocycles. The number of nitrogens with one attached hydrogen (secondary N) is 1. The zero-order chi connectivity index (χ0) is 16.1. The van der Waals surface area contributed by atoms with Crippen LogP contribution < -0.4 is 5.32 Å². The number of carboxylic acids is 1. The molecule has 2 rings (SSSR count). The van der Waals surface area contributed by atoms with Gasteiger partial charge in [0.15, 0.2) is 0 Å². The molecule has 4 heteroatoms. The van der Waals surface area contributed by atoms with E-state index >= 15 is 0 Å². The molecule has 1 aromatic carbocycles. The fourth-order valence-electron chi connectivity index (χ4n) is 2.65. The lowest BCUT2D eigenvalue weighted by atomic mass is 9.85. The SMILES string of the molecule is C=C(C)C1CC=C(CNC(=O)c2ccccc2C(=O)O)CC1. The molecule has 1 amide bonds. The summed E-state index contributed by atoms with van der Waals surface area (Å²) in [5.74, 6) is -0.903. The highest BCUT2D eigenvalue weighted by Gasteiger charge is 2.18. The van der Waals surface area contributed by atoms with Crippen molar-refractivity contribution >= 4 is 11.9 Å². The van der Waals surface area contributed by atoms with E-state index in [2.05, 4.69) is 18.0 Å². The summed E-state index contributed by atoms with van der Waals surface area (Å²) in [6.45, 7) is 6.51. The van der Waals surface area contributed by atoms with Gasteiger partial charge in [-0.05, 0) is 44.2 Å². The number of amides is 1. The molecule has 0 aliphatic heterocycles. The molecule has 0 fully saturated rings. The quantitative estimate of drug-likeness (QED) is 0.819. The second-order valence-corrected chi connectivity index (χ2v) is 5.71. The van der Waals surface area contributed by atoms with E-state index in [9.17, 15) is 9.59 Å². The Balaban J connectivity index is 1.97. The normalized spacial score (nSPS) is 17.5. The smallest absolute Gasteiger partial charge is 0.336 e. The van der Waals surface area contributed by atoms with Crippen LogP contribution in [0.25, 0.3) is 0 Å². The van der Waals surface area contributed by atoms with Crippen molar-refractivity contribution in [3.8, 4) is 0 Å². The van der Waals surface area contributed by atoms with Crippen molar-refractivity contribution in [3.05, 3.63) is 59.2 Å². The van der Waals surface area contributed by atoms with Crippen molar-refractivity contribution in [2.24, 2.45) is 5.92 Å². The first-order chi connectivity index (χ1) is 10.5. The molecule has 1 unspecified atom stereocenters. The molecule has 4 nitrogen and oxygen atoms in total. The van der Waals surface area contributed by atoms with Gasteiger partial charge in [0.05, 0.1) is 11.1 Å². The summed E-state index contributed by atoms with van der Waals surface area (Å²) in [5.41, 5.74) is 2.62. The van der Waals surface area contributed by atoms with E-state index in [-0.39, 0.29) is 17.0 Å². The van der Waals surface area contributed by atoms with Crippen LogP contribution in [0.3, 0.4) is 0 Å². The fourth-order valence-corrected chi connectivity index (χ4v) is 2.65. The van der Waals surface area contributed by atoms with Crippen LogP contribution in [0.2, 0.25) is 0 Å². The van der Waals surface area contributed by atoms with Crippen LogP contribution in [0.4, 0.5) is 0 Å². The van der Waals surface area contributed by atoms with Crippen LogP contribution in [0.5, 0.6) is 0 Å². The molecule has 0 saturated heterocycles. The largest absolute Gasteiger partial charge is 0.478 e. The van der Waals surface area contributed by atoms with Gasteiger partial charge in [0, 0.05) is 6.54 Å². The first kappa shape index (κ1) is 16.0. The van der Waals surface area contributed by atoms with Gasteiger partial charge < -0.3 is 10.4 Å². The van der Waals surface area contributed by atoms with E-state index < -0.39 is 5.97 Å². The molecule has 1 aromatic rings. The van der Waals surface area contributed by atoms with E-state index in [4.69, 9.17) is 5.11 Å². The molecule has 0 aromatic heterocycles. The van der Waals surface area contributed by atoms with Gasteiger partial charge in [0.2, 0.25) is 0 Å². The maximum Gasteiger partial charge on any atom is 0.336 e. The first-order valence-electron chi connectivity index (χ1n) is 7.43. The Morgan fingerprint density at radius 1 is 1.32 bits per heavy atom. The standard InChI is InChI=1S/C18H21NO3/c1-12(2)14-9-7-13(8-10-14)11-19-17(20)15-5-3-4-6-16(15)18(21)22/h3-7,14H,1,8-11H2,2H3,(H,19,20)(H,21,22). The molecule has 1 aliphatic rings. The van der Waals surface area contributed by atoms with Crippen molar-refractivity contribution in [1.29, 1.82) is 0 Å². The number of carbonyl (C=O) groups is 2. The van der Waals surface area contributed by atoms with E-state index in [1.54, 1.807) is 12.1 Å². The van der Waals surface area contributed by atoms with Crippen molar-refractivity contribution in [1.82, 2.24) is 5.32 Å². The molecule has 0 spiro atoms. The van der Waals surface area contributed by atoms with Crippen molar-refractivity contribution in [2.45, 2.75) is 26.2 Å². The Labute approximate surface area is 130 Å². The third-order valence-electron chi connectivity index (χ3n) is 4.08. The average molecular weight is 299 g/mol. The lowest BCUT2D eigenvalue weighted by Crippen LogP contribution is -2.28. The highest BCUT2D eigenvalue weighted by atomic mass is 16.4. The lowest BCUT2D eigenvalue weighted by Gasteiger charge is -2.22. The third-order valence-corrected chi connectivity index (χ3v) is 4.08. The maximum atomic E-state index is 12.2. The molecule has 0 bridgehead atoms. The van der Waals surface area contributed by atoms with Gasteiger partial charge in [-0.25, -0.2) is 4.79 Å². The minimum atomic E-state index is -1.09. The van der Waals surface area contributed by atoms with Gasteiger partial charge in [-0.2, -0.15) is 0 Å². The Morgan fingerprint density at radius 3 is 2.55 bits per heavy atom. The van der Waals surface area contributed by atoms with Gasteiger partial charge in [-0.3, -0.25) is 4.79 Å². The van der Waals surface area contributed by atoms with Crippen LogP contribution >= 0.6 is 0 Å². The average Bonchev–Trinajstić information content (AvgIpc) is 2.53. The first-order valence-corrected chi connectivity index (χ1v) is 7.43. The predicted molar refractivity (Wildman–Crippen MR) is 86.0 cm³/mol. The molecule has 1 aliphatic carbocycles. The van der Waals surface area contributed by atoms with Crippen LogP contribution in [0.15, 0.2) is 48.1 Å². The lowest BCUT2D eigenvalue weighted by molar-refractivity contribution is 0.0691. The highest BCUT2D eigenvalue weighted by molar-refractivity contribution is 6.04. The zero-order valence-corrected chi connectivity index (χ0v) is 12.8. The number of hydrogen-bond donors (Lipinski definition) is 2. The summed E-state index contributed by atoms with van der Waals surface area (Å²) in [7, 11) is 0. The predicted octanol–water partition coefficient (Wildman–Crippen LogP) is 3.42. The Bertz CT molecular complexity index is 631.